The van der Waals surface area contributed by atoms with Gasteiger partial charge in [0.2, 0.25) is 0 Å². The second-order valence-electron chi connectivity index (χ2n) is 8.45. The summed E-state index contributed by atoms with van der Waals surface area (Å²) in [7, 11) is 0. The summed E-state index contributed by atoms with van der Waals surface area (Å²) in [4.78, 5) is 74.4. The van der Waals surface area contributed by atoms with Crippen molar-refractivity contribution in [3.63, 3.8) is 0 Å². The smallest absolute Gasteiger partial charge is 0.346 e. The molecular weight excluding hydrogens is 536 g/mol. The average molecular weight is 554 g/mol. The first-order chi connectivity index (χ1) is 19.5. The van der Waals surface area contributed by atoms with Gasteiger partial charge in [0.25, 0.3) is 0 Å². The number of carboxylic acid groups (broad SMARTS) is 4. The van der Waals surface area contributed by atoms with E-state index < -0.39 is 58.1 Å². The average Bonchev–Trinajstić information content (AvgIpc) is 2.96. The van der Waals surface area contributed by atoms with Crippen LogP contribution in [-0.2, 0) is 4.74 Å². The van der Waals surface area contributed by atoms with Gasteiger partial charge in [-0.3, -0.25) is 0 Å². The second-order valence-corrected chi connectivity index (χ2v) is 8.45. The quantitative estimate of drug-likeness (QED) is 0.172. The molecule has 0 aliphatic heterocycles. The molecule has 0 amide bonds. The molecule has 0 aliphatic carbocycles. The van der Waals surface area contributed by atoms with E-state index in [2.05, 4.69) is 0 Å². The SMILES string of the molecule is O=C(O)c1ccccc1-c1c(C(=O)O)cccc1C(=O)OC(=O)c1cccc(C(=O)O)c1-c1ccccc1C(=O)O. The van der Waals surface area contributed by atoms with Crippen molar-refractivity contribution in [2.75, 3.05) is 0 Å². The zero-order chi connectivity index (χ0) is 29.8. The molecule has 0 atom stereocenters. The number of hydrogen-bond donors (Lipinski definition) is 4. The van der Waals surface area contributed by atoms with Crippen LogP contribution < -0.4 is 0 Å². The third kappa shape index (κ3) is 5.40. The Hall–Kier alpha value is -6.10. The Bertz CT molecular complexity index is 1640. The molecule has 0 aromatic heterocycles. The molecule has 0 saturated carbocycles. The molecule has 0 heterocycles. The van der Waals surface area contributed by atoms with Crippen molar-refractivity contribution in [3.05, 3.63) is 118 Å². The van der Waals surface area contributed by atoms with Crippen molar-refractivity contribution in [3.8, 4) is 22.3 Å². The highest BCUT2D eigenvalue weighted by atomic mass is 16.6. The molecule has 0 fully saturated rings. The van der Waals surface area contributed by atoms with Crippen LogP contribution in [0.5, 0.6) is 0 Å². The highest BCUT2D eigenvalue weighted by molar-refractivity contribution is 6.14. The number of aromatic carboxylic acids is 4. The van der Waals surface area contributed by atoms with Gasteiger partial charge in [-0.15, -0.1) is 0 Å². The summed E-state index contributed by atoms with van der Waals surface area (Å²) in [6.45, 7) is 0. The molecule has 0 radical (unpaired) electrons. The number of ether oxygens (including phenoxy) is 1. The molecule has 0 bridgehead atoms. The lowest BCUT2D eigenvalue weighted by molar-refractivity contribution is 0.0397. The lowest BCUT2D eigenvalue weighted by Gasteiger charge is -2.16. The van der Waals surface area contributed by atoms with Gasteiger partial charge in [0, 0.05) is 11.1 Å². The lowest BCUT2D eigenvalue weighted by Crippen LogP contribution is -2.18. The van der Waals surface area contributed by atoms with Crippen LogP contribution in [0.25, 0.3) is 22.3 Å². The highest BCUT2D eigenvalue weighted by Crippen LogP contribution is 2.34. The van der Waals surface area contributed by atoms with Gasteiger partial charge >= 0.3 is 35.8 Å². The van der Waals surface area contributed by atoms with Crippen molar-refractivity contribution in [1.82, 2.24) is 0 Å². The summed E-state index contributed by atoms with van der Waals surface area (Å²) in [5.74, 6) is -8.48. The zero-order valence-corrected chi connectivity index (χ0v) is 20.7. The molecule has 4 rings (SSSR count). The standard InChI is InChI=1S/C30H18O11/c31-25(32)17-9-3-1-7-15(17)23-19(27(35)36)11-5-13-21(23)29(39)41-30(40)22-14-6-12-20(28(37)38)24(22)16-8-2-4-10-18(16)26(33)34/h1-14H,(H,31,32)(H,33,34)(H,35,36)(H,37,38). The van der Waals surface area contributed by atoms with Crippen LogP contribution in [-0.4, -0.2) is 56.2 Å². The van der Waals surface area contributed by atoms with Gasteiger partial charge in [-0.1, -0.05) is 48.5 Å². The van der Waals surface area contributed by atoms with Crippen molar-refractivity contribution >= 4 is 35.8 Å². The molecule has 4 aromatic rings. The van der Waals surface area contributed by atoms with Crippen LogP contribution in [0.15, 0.2) is 84.9 Å². The first kappa shape index (κ1) is 27.9. The number of rotatable bonds is 8. The minimum absolute atomic E-state index is 0.124. The Balaban J connectivity index is 1.87. The molecule has 0 unspecified atom stereocenters. The van der Waals surface area contributed by atoms with Gasteiger partial charge in [0.05, 0.1) is 33.4 Å². The van der Waals surface area contributed by atoms with Gasteiger partial charge < -0.3 is 25.2 Å². The Morgan fingerprint density at radius 3 is 1.02 bits per heavy atom. The number of carbonyl (C=O) groups is 6. The fraction of sp³-hybridized carbons (Fsp3) is 0. The summed E-state index contributed by atoms with van der Waals surface area (Å²) in [6, 6.07) is 17.7. The van der Waals surface area contributed by atoms with Crippen molar-refractivity contribution in [2.45, 2.75) is 0 Å². The fourth-order valence-electron chi connectivity index (χ4n) is 4.35. The van der Waals surface area contributed by atoms with E-state index in [0.717, 1.165) is 24.3 Å². The van der Waals surface area contributed by atoms with Crippen LogP contribution in [0.2, 0.25) is 0 Å². The van der Waals surface area contributed by atoms with Gasteiger partial charge in [0.1, 0.15) is 0 Å². The van der Waals surface area contributed by atoms with Crippen LogP contribution >= 0.6 is 0 Å². The summed E-state index contributed by atoms with van der Waals surface area (Å²) >= 11 is 0. The van der Waals surface area contributed by atoms with E-state index in [1.54, 1.807) is 0 Å². The molecule has 204 valence electrons. The van der Waals surface area contributed by atoms with E-state index in [9.17, 15) is 49.2 Å². The van der Waals surface area contributed by atoms with Gasteiger partial charge in [-0.2, -0.15) is 0 Å². The largest absolute Gasteiger partial charge is 0.478 e. The van der Waals surface area contributed by atoms with Crippen molar-refractivity contribution in [2.24, 2.45) is 0 Å². The fourth-order valence-corrected chi connectivity index (χ4v) is 4.35. The number of carboxylic acids is 4. The predicted octanol–water partition coefficient (Wildman–Crippen LogP) is 4.81. The monoisotopic (exact) mass is 554 g/mol. The minimum atomic E-state index is -1.48. The molecule has 4 aromatic carbocycles. The molecule has 4 N–H and O–H groups in total. The maximum absolute atomic E-state index is 13.3. The van der Waals surface area contributed by atoms with Crippen LogP contribution in [0.1, 0.15) is 62.1 Å². The van der Waals surface area contributed by atoms with Gasteiger partial charge in [-0.25, -0.2) is 28.8 Å². The first-order valence-electron chi connectivity index (χ1n) is 11.7. The number of benzene rings is 4. The molecule has 41 heavy (non-hydrogen) atoms. The van der Waals surface area contributed by atoms with Gasteiger partial charge in [0.15, 0.2) is 0 Å². The molecular formula is C30H18O11. The van der Waals surface area contributed by atoms with E-state index in [4.69, 9.17) is 4.74 Å². The maximum atomic E-state index is 13.3. The van der Waals surface area contributed by atoms with E-state index in [1.807, 2.05) is 0 Å². The number of esters is 2. The Morgan fingerprint density at radius 2 is 0.683 bits per heavy atom. The number of hydrogen-bond acceptors (Lipinski definition) is 7. The summed E-state index contributed by atoms with van der Waals surface area (Å²) in [5, 5.41) is 38.8. The first-order valence-corrected chi connectivity index (χ1v) is 11.7. The minimum Gasteiger partial charge on any atom is -0.478 e. The van der Waals surface area contributed by atoms with Crippen LogP contribution in [0.4, 0.5) is 0 Å². The molecule has 11 heteroatoms. The Labute approximate surface area is 230 Å². The number of carbonyl (C=O) groups excluding carboxylic acids is 2. The van der Waals surface area contributed by atoms with E-state index >= 15 is 0 Å². The highest BCUT2D eigenvalue weighted by Gasteiger charge is 2.29. The Morgan fingerprint density at radius 1 is 0.390 bits per heavy atom. The van der Waals surface area contributed by atoms with E-state index in [0.29, 0.717) is 0 Å². The van der Waals surface area contributed by atoms with Gasteiger partial charge in [-0.05, 0) is 47.5 Å². The lowest BCUT2D eigenvalue weighted by atomic mass is 9.90. The normalized spacial score (nSPS) is 10.4. The molecule has 0 spiro atoms. The van der Waals surface area contributed by atoms with Crippen molar-refractivity contribution in [1.29, 1.82) is 0 Å². The molecule has 0 saturated heterocycles. The summed E-state index contributed by atoms with van der Waals surface area (Å²) in [6.07, 6.45) is 0. The topological polar surface area (TPSA) is 193 Å². The third-order valence-corrected chi connectivity index (χ3v) is 6.07. The predicted molar refractivity (Wildman–Crippen MR) is 141 cm³/mol. The zero-order valence-electron chi connectivity index (χ0n) is 20.7. The Kier molecular flexibility index (Phi) is 7.72. The maximum Gasteiger partial charge on any atom is 0.346 e. The van der Waals surface area contributed by atoms with Crippen LogP contribution in [0, 0.1) is 0 Å². The molecule has 11 nitrogen and oxygen atoms in total. The summed E-state index contributed by atoms with van der Waals surface area (Å²) < 4.78 is 5.06. The molecule has 0 aliphatic rings. The summed E-state index contributed by atoms with van der Waals surface area (Å²) in [5.41, 5.74) is -3.29. The van der Waals surface area contributed by atoms with E-state index in [-0.39, 0.29) is 33.4 Å². The van der Waals surface area contributed by atoms with Crippen LogP contribution in [0.3, 0.4) is 0 Å². The third-order valence-electron chi connectivity index (χ3n) is 6.07. The van der Waals surface area contributed by atoms with Crippen molar-refractivity contribution < 1.29 is 53.9 Å². The van der Waals surface area contributed by atoms with E-state index in [1.165, 1.54) is 60.7 Å². The second kappa shape index (κ2) is 11.3.